The Morgan fingerprint density at radius 2 is 1.94 bits per heavy atom. The molecule has 17 heavy (non-hydrogen) atoms. The van der Waals surface area contributed by atoms with E-state index in [1.165, 1.54) is 4.31 Å². The van der Waals surface area contributed by atoms with Gasteiger partial charge in [0, 0.05) is 25.7 Å². The molecular weight excluding hydrogens is 238 g/mol. The van der Waals surface area contributed by atoms with Crippen LogP contribution in [0.4, 0.5) is 0 Å². The molecule has 0 aliphatic carbocycles. The predicted octanol–water partition coefficient (Wildman–Crippen LogP) is -0.133. The molecule has 0 bridgehead atoms. The average Bonchev–Trinajstić information content (AvgIpc) is 2.77. The van der Waals surface area contributed by atoms with Crippen molar-refractivity contribution >= 4 is 10.0 Å². The van der Waals surface area contributed by atoms with Crippen LogP contribution in [0.3, 0.4) is 0 Å². The van der Waals surface area contributed by atoms with E-state index in [0.29, 0.717) is 24.5 Å². The molecule has 0 radical (unpaired) electrons. The van der Waals surface area contributed by atoms with Crippen molar-refractivity contribution in [2.24, 2.45) is 11.5 Å². The summed E-state index contributed by atoms with van der Waals surface area (Å²) >= 11 is 0. The number of benzene rings is 1. The highest BCUT2D eigenvalue weighted by atomic mass is 32.2. The Bertz CT molecular complexity index is 484. The van der Waals surface area contributed by atoms with Gasteiger partial charge in [0.25, 0.3) is 0 Å². The molecule has 1 atom stereocenters. The first-order valence-corrected chi connectivity index (χ1v) is 7.03. The van der Waals surface area contributed by atoms with Crippen LogP contribution in [0.25, 0.3) is 0 Å². The molecule has 1 aliphatic rings. The molecule has 1 saturated heterocycles. The summed E-state index contributed by atoms with van der Waals surface area (Å²) in [6.07, 6.45) is 0.722. The number of hydrogen-bond donors (Lipinski definition) is 2. The number of nitrogens with zero attached hydrogens (tertiary/aromatic N) is 1. The second-order valence-electron chi connectivity index (χ2n) is 4.26. The molecule has 5 nitrogen and oxygen atoms in total. The highest BCUT2D eigenvalue weighted by Gasteiger charge is 2.30. The number of hydrogen-bond acceptors (Lipinski definition) is 4. The quantitative estimate of drug-likeness (QED) is 0.787. The molecule has 1 aromatic carbocycles. The Kier molecular flexibility index (Phi) is 3.48. The van der Waals surface area contributed by atoms with Crippen molar-refractivity contribution in [1.82, 2.24) is 4.31 Å². The van der Waals surface area contributed by atoms with Gasteiger partial charge >= 0.3 is 0 Å². The summed E-state index contributed by atoms with van der Waals surface area (Å²) in [5.74, 6) is 0. The maximum absolute atomic E-state index is 12.2. The van der Waals surface area contributed by atoms with Crippen molar-refractivity contribution in [2.75, 3.05) is 13.1 Å². The molecule has 0 amide bonds. The van der Waals surface area contributed by atoms with Gasteiger partial charge in [-0.05, 0) is 24.1 Å². The van der Waals surface area contributed by atoms with Crippen molar-refractivity contribution in [2.45, 2.75) is 23.9 Å². The molecule has 1 heterocycles. The van der Waals surface area contributed by atoms with Crippen LogP contribution < -0.4 is 11.5 Å². The summed E-state index contributed by atoms with van der Waals surface area (Å²) < 4.78 is 25.9. The maximum atomic E-state index is 12.2. The first-order valence-electron chi connectivity index (χ1n) is 5.59. The Hall–Kier alpha value is -0.950. The first-order chi connectivity index (χ1) is 8.04. The standard InChI is InChI=1S/C11H17N3O2S/c12-7-9-1-3-11(4-2-9)17(15,16)14-6-5-10(13)8-14/h1-4,10H,5-8,12-13H2. The monoisotopic (exact) mass is 255 g/mol. The molecule has 94 valence electrons. The Labute approximate surface area is 101 Å². The third-order valence-corrected chi connectivity index (χ3v) is 4.86. The zero-order chi connectivity index (χ0) is 12.5. The van der Waals surface area contributed by atoms with E-state index in [0.717, 1.165) is 12.0 Å². The van der Waals surface area contributed by atoms with Crippen LogP contribution in [0.2, 0.25) is 0 Å². The summed E-state index contributed by atoms with van der Waals surface area (Å²) in [5.41, 5.74) is 12.1. The molecule has 1 unspecified atom stereocenters. The normalized spacial score (nSPS) is 21.9. The molecule has 2 rings (SSSR count). The van der Waals surface area contributed by atoms with E-state index >= 15 is 0 Å². The van der Waals surface area contributed by atoms with Crippen LogP contribution in [-0.2, 0) is 16.6 Å². The predicted molar refractivity (Wildman–Crippen MR) is 65.7 cm³/mol. The van der Waals surface area contributed by atoms with Crippen LogP contribution >= 0.6 is 0 Å². The maximum Gasteiger partial charge on any atom is 0.243 e. The van der Waals surface area contributed by atoms with Crippen LogP contribution in [0.1, 0.15) is 12.0 Å². The molecule has 1 aromatic rings. The third kappa shape index (κ3) is 2.50. The van der Waals surface area contributed by atoms with Gasteiger partial charge in [-0.1, -0.05) is 12.1 Å². The van der Waals surface area contributed by atoms with Gasteiger partial charge in [-0.25, -0.2) is 8.42 Å². The summed E-state index contributed by atoms with van der Waals surface area (Å²) in [6, 6.07) is 6.63. The molecular formula is C11H17N3O2S. The van der Waals surface area contributed by atoms with Gasteiger partial charge in [0.15, 0.2) is 0 Å². The fourth-order valence-corrected chi connectivity index (χ4v) is 3.43. The molecule has 0 spiro atoms. The van der Waals surface area contributed by atoms with Gasteiger partial charge in [-0.2, -0.15) is 4.31 Å². The lowest BCUT2D eigenvalue weighted by molar-refractivity contribution is 0.472. The van der Waals surface area contributed by atoms with Gasteiger partial charge in [-0.3, -0.25) is 0 Å². The van der Waals surface area contributed by atoms with E-state index in [1.807, 2.05) is 0 Å². The van der Waals surface area contributed by atoms with E-state index in [-0.39, 0.29) is 6.04 Å². The minimum Gasteiger partial charge on any atom is -0.326 e. The molecule has 6 heteroatoms. The van der Waals surface area contributed by atoms with Crippen molar-refractivity contribution in [3.8, 4) is 0 Å². The second-order valence-corrected chi connectivity index (χ2v) is 6.20. The highest BCUT2D eigenvalue weighted by Crippen LogP contribution is 2.20. The molecule has 1 fully saturated rings. The topological polar surface area (TPSA) is 89.4 Å². The first kappa shape index (κ1) is 12.5. The van der Waals surface area contributed by atoms with Crippen LogP contribution in [0.15, 0.2) is 29.2 Å². The average molecular weight is 255 g/mol. The lowest BCUT2D eigenvalue weighted by atomic mass is 10.2. The van der Waals surface area contributed by atoms with Crippen LogP contribution in [-0.4, -0.2) is 31.9 Å². The summed E-state index contributed by atoms with van der Waals surface area (Å²) in [5, 5.41) is 0. The smallest absolute Gasteiger partial charge is 0.243 e. The lowest BCUT2D eigenvalue weighted by Crippen LogP contribution is -2.31. The number of rotatable bonds is 3. The van der Waals surface area contributed by atoms with Gasteiger partial charge in [0.2, 0.25) is 10.0 Å². The van der Waals surface area contributed by atoms with Gasteiger partial charge < -0.3 is 11.5 Å². The van der Waals surface area contributed by atoms with Gasteiger partial charge in [0.05, 0.1) is 4.90 Å². The highest BCUT2D eigenvalue weighted by molar-refractivity contribution is 7.89. The Balaban J connectivity index is 2.25. The zero-order valence-corrected chi connectivity index (χ0v) is 10.4. The van der Waals surface area contributed by atoms with E-state index in [4.69, 9.17) is 11.5 Å². The van der Waals surface area contributed by atoms with E-state index in [9.17, 15) is 8.42 Å². The minimum absolute atomic E-state index is 0.0481. The van der Waals surface area contributed by atoms with Crippen molar-refractivity contribution < 1.29 is 8.42 Å². The van der Waals surface area contributed by atoms with Gasteiger partial charge in [0.1, 0.15) is 0 Å². The molecule has 0 saturated carbocycles. The number of sulfonamides is 1. The number of nitrogens with two attached hydrogens (primary N) is 2. The fraction of sp³-hybridized carbons (Fsp3) is 0.455. The summed E-state index contributed by atoms with van der Waals surface area (Å²) in [6.45, 7) is 1.32. The van der Waals surface area contributed by atoms with Crippen LogP contribution in [0, 0.1) is 0 Å². The van der Waals surface area contributed by atoms with E-state index in [2.05, 4.69) is 0 Å². The van der Waals surface area contributed by atoms with Crippen molar-refractivity contribution in [3.63, 3.8) is 0 Å². The van der Waals surface area contributed by atoms with Crippen molar-refractivity contribution in [3.05, 3.63) is 29.8 Å². The van der Waals surface area contributed by atoms with E-state index < -0.39 is 10.0 Å². The summed E-state index contributed by atoms with van der Waals surface area (Å²) in [7, 11) is -3.38. The summed E-state index contributed by atoms with van der Waals surface area (Å²) in [4.78, 5) is 0.309. The lowest BCUT2D eigenvalue weighted by Gasteiger charge is -2.16. The molecule has 0 aromatic heterocycles. The van der Waals surface area contributed by atoms with Crippen molar-refractivity contribution in [1.29, 1.82) is 0 Å². The Morgan fingerprint density at radius 1 is 1.29 bits per heavy atom. The SMILES string of the molecule is NCc1ccc(S(=O)(=O)N2CCC(N)C2)cc1. The van der Waals surface area contributed by atoms with E-state index in [1.54, 1.807) is 24.3 Å². The largest absolute Gasteiger partial charge is 0.326 e. The third-order valence-electron chi connectivity index (χ3n) is 2.98. The van der Waals surface area contributed by atoms with Gasteiger partial charge in [-0.15, -0.1) is 0 Å². The Morgan fingerprint density at radius 3 is 2.41 bits per heavy atom. The molecule has 1 aliphatic heterocycles. The fourth-order valence-electron chi connectivity index (χ4n) is 1.92. The van der Waals surface area contributed by atoms with Crippen LogP contribution in [0.5, 0.6) is 0 Å². The second kappa shape index (κ2) is 4.73. The minimum atomic E-state index is -3.38. The molecule has 4 N–H and O–H groups in total. The zero-order valence-electron chi connectivity index (χ0n) is 9.54.